The lowest BCUT2D eigenvalue weighted by Gasteiger charge is -2.20. The molecule has 0 fully saturated rings. The van der Waals surface area contributed by atoms with Crippen LogP contribution < -0.4 is 0 Å². The summed E-state index contributed by atoms with van der Waals surface area (Å²) in [4.78, 5) is 0. The molecule has 2 heteroatoms. The predicted octanol–water partition coefficient (Wildman–Crippen LogP) is 14.5. The number of rotatable bonds is 6. The van der Waals surface area contributed by atoms with Crippen molar-refractivity contribution in [2.45, 2.75) is 45.4 Å². The van der Waals surface area contributed by atoms with Gasteiger partial charge in [0.25, 0.3) is 0 Å². The Morgan fingerprint density at radius 3 is 2.31 bits per heavy atom. The third-order valence-electron chi connectivity index (χ3n) is 12.2. The molecule has 2 heterocycles. The van der Waals surface area contributed by atoms with Gasteiger partial charge in [-0.15, -0.1) is 0 Å². The molecule has 2 nitrogen and oxygen atoms in total. The first kappa shape index (κ1) is 32.1. The first-order valence-corrected chi connectivity index (χ1v) is 19.8. The Hall–Kier alpha value is -6.38. The van der Waals surface area contributed by atoms with Gasteiger partial charge in [0.2, 0.25) is 0 Å². The van der Waals surface area contributed by atoms with Crippen LogP contribution in [0, 0.1) is 6.92 Å². The Labute approximate surface area is 322 Å². The van der Waals surface area contributed by atoms with Gasteiger partial charge < -0.3 is 8.98 Å². The second kappa shape index (κ2) is 12.6. The summed E-state index contributed by atoms with van der Waals surface area (Å²) in [5.41, 5.74) is 19.2. The highest BCUT2D eigenvalue weighted by atomic mass is 16.3. The molecule has 0 amide bonds. The zero-order valence-corrected chi connectivity index (χ0v) is 31.3. The van der Waals surface area contributed by atoms with E-state index in [1.165, 1.54) is 99.7 Å². The molecule has 0 spiro atoms. The Kier molecular flexibility index (Phi) is 7.35. The molecular formula is C53H41NO. The Morgan fingerprint density at radius 2 is 1.45 bits per heavy atom. The second-order valence-corrected chi connectivity index (χ2v) is 15.4. The summed E-state index contributed by atoms with van der Waals surface area (Å²) in [5.74, 6) is 1.27. The van der Waals surface area contributed by atoms with Crippen molar-refractivity contribution in [1.29, 1.82) is 0 Å². The Bertz CT molecular complexity index is 2960. The molecule has 2 aromatic heterocycles. The summed E-state index contributed by atoms with van der Waals surface area (Å²) >= 11 is 0. The largest absolute Gasteiger partial charge is 0.461 e. The summed E-state index contributed by atoms with van der Waals surface area (Å²) in [6, 6.07) is 45.4. The minimum atomic E-state index is 0.292. The average Bonchev–Trinajstić information content (AvgIpc) is 3.87. The van der Waals surface area contributed by atoms with Crippen LogP contribution in [0.2, 0.25) is 0 Å². The summed E-state index contributed by atoms with van der Waals surface area (Å²) < 4.78 is 8.58. The fourth-order valence-corrected chi connectivity index (χ4v) is 9.61. The number of fused-ring (bicyclic) bond motifs is 7. The van der Waals surface area contributed by atoms with E-state index in [1.807, 2.05) is 0 Å². The molecular weight excluding hydrogens is 667 g/mol. The molecule has 55 heavy (non-hydrogen) atoms. The van der Waals surface area contributed by atoms with Crippen LogP contribution in [0.4, 0.5) is 0 Å². The van der Waals surface area contributed by atoms with Crippen LogP contribution in [0.5, 0.6) is 0 Å². The average molecular weight is 708 g/mol. The van der Waals surface area contributed by atoms with E-state index in [1.54, 1.807) is 0 Å². The molecule has 6 aromatic carbocycles. The zero-order chi connectivity index (χ0) is 36.6. The van der Waals surface area contributed by atoms with Crippen LogP contribution >= 0.6 is 0 Å². The van der Waals surface area contributed by atoms with E-state index >= 15 is 0 Å². The number of benzene rings is 6. The molecule has 1 unspecified atom stereocenters. The number of hydrogen-bond acceptors (Lipinski definition) is 1. The number of aryl methyl sites for hydroxylation is 1. The van der Waals surface area contributed by atoms with Crippen molar-refractivity contribution < 1.29 is 4.42 Å². The predicted molar refractivity (Wildman–Crippen MR) is 233 cm³/mol. The molecule has 0 aliphatic heterocycles. The number of aromatic nitrogens is 1. The van der Waals surface area contributed by atoms with Crippen LogP contribution in [-0.2, 0) is 6.42 Å². The van der Waals surface area contributed by atoms with E-state index in [0.717, 1.165) is 37.0 Å². The van der Waals surface area contributed by atoms with Crippen molar-refractivity contribution in [2.75, 3.05) is 0 Å². The first-order valence-electron chi connectivity index (χ1n) is 19.8. The monoisotopic (exact) mass is 707 g/mol. The number of allylic oxidation sites excluding steroid dienone is 6. The zero-order valence-electron chi connectivity index (χ0n) is 31.3. The highest BCUT2D eigenvalue weighted by Gasteiger charge is 2.27. The van der Waals surface area contributed by atoms with E-state index in [-0.39, 0.29) is 0 Å². The standard InChI is InChI=1S/C53H41NO/c1-3-4-13-40-33(2)55-52-29-23-37(32-49(40)52)36-22-28-51-48(31-36)44-16-7-8-19-50(44)54(51)39-24-20-34(21-25-39)35-11-9-12-38(30-35)41-26-27-47-43-15-6-5-14-42(43)46-18-10-17-45(41)53(46)47/h4,7-30,32,36H,3,5-6,31H2,1-2H3/b13-4-. The van der Waals surface area contributed by atoms with Crippen molar-refractivity contribution in [1.82, 2.24) is 4.57 Å². The van der Waals surface area contributed by atoms with E-state index in [9.17, 15) is 0 Å². The van der Waals surface area contributed by atoms with Crippen molar-refractivity contribution >= 4 is 55.9 Å². The van der Waals surface area contributed by atoms with Crippen LogP contribution in [0.15, 0.2) is 150 Å². The van der Waals surface area contributed by atoms with E-state index < -0.39 is 0 Å². The molecule has 0 saturated heterocycles. The van der Waals surface area contributed by atoms with Gasteiger partial charge in [-0.05, 0) is 142 Å². The lowest BCUT2D eigenvalue weighted by Crippen LogP contribution is -2.07. The second-order valence-electron chi connectivity index (χ2n) is 15.4. The van der Waals surface area contributed by atoms with Crippen LogP contribution in [0.25, 0.3) is 83.9 Å². The minimum absolute atomic E-state index is 0.292. The van der Waals surface area contributed by atoms with Crippen LogP contribution in [0.3, 0.4) is 0 Å². The fourth-order valence-electron chi connectivity index (χ4n) is 9.61. The number of furan rings is 1. The lowest BCUT2D eigenvalue weighted by molar-refractivity contribution is 0.577. The molecule has 0 radical (unpaired) electrons. The summed E-state index contributed by atoms with van der Waals surface area (Å²) in [6.45, 7) is 4.24. The maximum absolute atomic E-state index is 6.13. The lowest BCUT2D eigenvalue weighted by atomic mass is 9.86. The normalized spacial score (nSPS) is 15.9. The van der Waals surface area contributed by atoms with E-state index in [2.05, 4.69) is 176 Å². The van der Waals surface area contributed by atoms with Gasteiger partial charge in [-0.3, -0.25) is 0 Å². The smallest absolute Gasteiger partial charge is 0.134 e. The SMILES string of the molecule is CC/C=C\c1c(C)oc2ccc(C3C=Cc4c(c5ccccc5n4-c4ccc(-c5cccc(-c6ccc7c8c(cccc68)C6=CCCC=C67)c5)cc4)C3)cc12. The van der Waals surface area contributed by atoms with Gasteiger partial charge in [0.15, 0.2) is 0 Å². The molecule has 0 bridgehead atoms. The molecule has 11 rings (SSSR count). The highest BCUT2D eigenvalue weighted by Crippen LogP contribution is 2.50. The fraction of sp³-hybridized carbons (Fsp3) is 0.132. The molecule has 8 aromatic rings. The van der Waals surface area contributed by atoms with Crippen molar-refractivity contribution in [3.63, 3.8) is 0 Å². The van der Waals surface area contributed by atoms with E-state index in [0.29, 0.717) is 5.92 Å². The highest BCUT2D eigenvalue weighted by molar-refractivity contribution is 6.24. The molecule has 264 valence electrons. The summed E-state index contributed by atoms with van der Waals surface area (Å²) in [7, 11) is 0. The third kappa shape index (κ3) is 5.01. The summed E-state index contributed by atoms with van der Waals surface area (Å²) in [6.07, 6.45) is 18.2. The van der Waals surface area contributed by atoms with E-state index in [4.69, 9.17) is 4.42 Å². The number of nitrogens with zero attached hydrogens (tertiary/aromatic N) is 1. The quantitative estimate of drug-likeness (QED) is 0.168. The Morgan fingerprint density at radius 1 is 0.691 bits per heavy atom. The molecule has 0 saturated carbocycles. The minimum Gasteiger partial charge on any atom is -0.461 e. The van der Waals surface area contributed by atoms with Crippen molar-refractivity contribution in [2.24, 2.45) is 0 Å². The van der Waals surface area contributed by atoms with Gasteiger partial charge in [-0.2, -0.15) is 0 Å². The van der Waals surface area contributed by atoms with Crippen molar-refractivity contribution in [3.05, 3.63) is 185 Å². The molecule has 3 aliphatic carbocycles. The molecule has 1 atom stereocenters. The van der Waals surface area contributed by atoms with Gasteiger partial charge in [0, 0.05) is 33.6 Å². The topological polar surface area (TPSA) is 18.1 Å². The van der Waals surface area contributed by atoms with Gasteiger partial charge in [0.1, 0.15) is 11.3 Å². The maximum Gasteiger partial charge on any atom is 0.134 e. The van der Waals surface area contributed by atoms with Gasteiger partial charge in [-0.25, -0.2) is 0 Å². The van der Waals surface area contributed by atoms with Crippen LogP contribution in [-0.4, -0.2) is 4.57 Å². The number of hydrogen-bond donors (Lipinski definition) is 0. The van der Waals surface area contributed by atoms with Gasteiger partial charge in [-0.1, -0.05) is 122 Å². The number of para-hydroxylation sites is 1. The third-order valence-corrected chi connectivity index (χ3v) is 12.2. The van der Waals surface area contributed by atoms with Gasteiger partial charge in [0.05, 0.1) is 5.52 Å². The maximum atomic E-state index is 6.13. The van der Waals surface area contributed by atoms with Gasteiger partial charge >= 0.3 is 0 Å². The Balaban J connectivity index is 0.934. The first-order chi connectivity index (χ1) is 27.1. The molecule has 3 aliphatic rings. The van der Waals surface area contributed by atoms with Crippen LogP contribution in [0.1, 0.15) is 71.4 Å². The van der Waals surface area contributed by atoms with Crippen molar-refractivity contribution in [3.8, 4) is 27.9 Å². The summed E-state index contributed by atoms with van der Waals surface area (Å²) in [5, 5.41) is 5.27. The molecule has 0 N–H and O–H groups in total.